The Balaban J connectivity index is 1.73. The van der Waals surface area contributed by atoms with Crippen LogP contribution in [-0.2, 0) is 9.53 Å². The number of methoxy groups -OCH3 is 1. The Morgan fingerprint density at radius 3 is 2.46 bits per heavy atom. The number of carbonyl (C=O) groups excluding carboxylic acids is 3. The number of amides is 2. The second kappa shape index (κ2) is 11.4. The molecule has 1 aliphatic rings. The Labute approximate surface area is 215 Å². The summed E-state index contributed by atoms with van der Waals surface area (Å²) in [6.45, 7) is 1.26. The van der Waals surface area contributed by atoms with Crippen molar-refractivity contribution < 1.29 is 23.9 Å². The van der Waals surface area contributed by atoms with Crippen LogP contribution in [-0.4, -0.2) is 57.2 Å². The minimum absolute atomic E-state index is 0.102. The van der Waals surface area contributed by atoms with Gasteiger partial charge >= 0.3 is 6.16 Å². The number of ether oxygens (including phenoxy) is 2. The van der Waals surface area contributed by atoms with Gasteiger partial charge in [-0.05, 0) is 42.9 Å². The number of anilines is 2. The molecule has 3 aromatic carbocycles. The molecular weight excluding hydrogens is 472 g/mol. The van der Waals surface area contributed by atoms with Gasteiger partial charge in [0, 0.05) is 43.0 Å². The van der Waals surface area contributed by atoms with Gasteiger partial charge in [-0.2, -0.15) is 0 Å². The summed E-state index contributed by atoms with van der Waals surface area (Å²) < 4.78 is 9.64. The van der Waals surface area contributed by atoms with E-state index < -0.39 is 6.16 Å². The molecule has 0 bridgehead atoms. The van der Waals surface area contributed by atoms with Crippen molar-refractivity contribution in [2.75, 3.05) is 44.9 Å². The minimum atomic E-state index is -0.849. The van der Waals surface area contributed by atoms with Gasteiger partial charge in [0.2, 0.25) is 0 Å². The van der Waals surface area contributed by atoms with E-state index in [0.717, 1.165) is 5.56 Å². The molecule has 3 N–H and O–H groups in total. The number of likely N-dealkylation sites (N-methyl/N-ethyl adjacent to an activating group) is 2. The summed E-state index contributed by atoms with van der Waals surface area (Å²) in [7, 11) is 4.82. The molecule has 0 radical (unpaired) electrons. The van der Waals surface area contributed by atoms with Crippen LogP contribution in [0.4, 0.5) is 16.2 Å². The summed E-state index contributed by atoms with van der Waals surface area (Å²) in [5.41, 5.74) is 4.13. The number of hydrogen-bond acceptors (Lipinski definition) is 7. The Morgan fingerprint density at radius 2 is 1.73 bits per heavy atom. The van der Waals surface area contributed by atoms with E-state index in [0.29, 0.717) is 46.9 Å². The van der Waals surface area contributed by atoms with Crippen LogP contribution in [0.1, 0.15) is 21.5 Å². The third-order valence-electron chi connectivity index (χ3n) is 5.84. The lowest BCUT2D eigenvalue weighted by Crippen LogP contribution is -2.32. The average Bonchev–Trinajstić information content (AvgIpc) is 3.25. The molecule has 190 valence electrons. The first-order valence-electron chi connectivity index (χ1n) is 11.7. The van der Waals surface area contributed by atoms with Gasteiger partial charge in [0.05, 0.1) is 24.1 Å². The van der Waals surface area contributed by atoms with E-state index in [2.05, 4.69) is 20.7 Å². The summed E-state index contributed by atoms with van der Waals surface area (Å²) in [5.74, 6) is -0.166. The van der Waals surface area contributed by atoms with Gasteiger partial charge in [-0.3, -0.25) is 9.59 Å². The predicted molar refractivity (Wildman–Crippen MR) is 142 cm³/mol. The third kappa shape index (κ3) is 5.79. The van der Waals surface area contributed by atoms with Crippen molar-refractivity contribution in [3.63, 3.8) is 0 Å². The van der Waals surface area contributed by atoms with E-state index in [1.54, 1.807) is 48.3 Å². The smallest absolute Gasteiger partial charge is 0.437 e. The van der Waals surface area contributed by atoms with Crippen molar-refractivity contribution in [3.05, 3.63) is 89.5 Å². The normalized spacial score (nSPS) is 13.3. The molecule has 1 heterocycles. The van der Waals surface area contributed by atoms with Gasteiger partial charge in [-0.25, -0.2) is 4.79 Å². The SMILES string of the molecule is CNCCN(C)C(=O)c1cccc(N/C(=C2\C(=O)Nc3cc(OC(=O)OC)ccc32)c2ccccc2)c1. The summed E-state index contributed by atoms with van der Waals surface area (Å²) in [6.07, 6.45) is -0.849. The van der Waals surface area contributed by atoms with Crippen LogP contribution in [0.15, 0.2) is 72.8 Å². The highest BCUT2D eigenvalue weighted by Crippen LogP contribution is 2.39. The largest absolute Gasteiger partial charge is 0.513 e. The van der Waals surface area contributed by atoms with Crippen LogP contribution >= 0.6 is 0 Å². The highest BCUT2D eigenvalue weighted by atomic mass is 16.7. The van der Waals surface area contributed by atoms with Crippen LogP contribution < -0.4 is 20.7 Å². The Bertz CT molecular complexity index is 1350. The predicted octanol–water partition coefficient (Wildman–Crippen LogP) is 4.06. The molecule has 3 aromatic rings. The van der Waals surface area contributed by atoms with Gasteiger partial charge in [0.25, 0.3) is 11.8 Å². The van der Waals surface area contributed by atoms with Crippen molar-refractivity contribution in [1.29, 1.82) is 0 Å². The monoisotopic (exact) mass is 500 g/mol. The lowest BCUT2D eigenvalue weighted by molar-refractivity contribution is -0.110. The van der Waals surface area contributed by atoms with Crippen molar-refractivity contribution >= 4 is 40.6 Å². The van der Waals surface area contributed by atoms with Crippen molar-refractivity contribution in [2.24, 2.45) is 0 Å². The van der Waals surface area contributed by atoms with Crippen LogP contribution in [0.25, 0.3) is 11.3 Å². The number of nitrogens with zero attached hydrogens (tertiary/aromatic N) is 1. The van der Waals surface area contributed by atoms with E-state index in [1.807, 2.05) is 43.4 Å². The number of fused-ring (bicyclic) bond motifs is 1. The number of nitrogens with one attached hydrogen (secondary N) is 3. The molecule has 0 unspecified atom stereocenters. The van der Waals surface area contributed by atoms with Crippen LogP contribution in [0.5, 0.6) is 5.75 Å². The van der Waals surface area contributed by atoms with Gasteiger partial charge in [-0.15, -0.1) is 0 Å². The molecular formula is C28H28N4O5. The highest BCUT2D eigenvalue weighted by molar-refractivity contribution is 6.37. The molecule has 4 rings (SSSR count). The second-order valence-electron chi connectivity index (χ2n) is 8.37. The van der Waals surface area contributed by atoms with Crippen molar-refractivity contribution in [1.82, 2.24) is 10.2 Å². The second-order valence-corrected chi connectivity index (χ2v) is 8.37. The summed E-state index contributed by atoms with van der Waals surface area (Å²) >= 11 is 0. The van der Waals surface area contributed by atoms with Gasteiger partial charge in [0.15, 0.2) is 0 Å². The zero-order valence-corrected chi connectivity index (χ0v) is 20.8. The number of hydrogen-bond donors (Lipinski definition) is 3. The first-order valence-corrected chi connectivity index (χ1v) is 11.7. The fraction of sp³-hybridized carbons (Fsp3) is 0.179. The maximum Gasteiger partial charge on any atom is 0.513 e. The summed E-state index contributed by atoms with van der Waals surface area (Å²) in [6, 6.07) is 21.5. The fourth-order valence-corrected chi connectivity index (χ4v) is 3.96. The molecule has 0 atom stereocenters. The van der Waals surface area contributed by atoms with Crippen LogP contribution in [0.3, 0.4) is 0 Å². The molecule has 0 aliphatic carbocycles. The molecule has 0 aromatic heterocycles. The average molecular weight is 501 g/mol. The minimum Gasteiger partial charge on any atom is -0.437 e. The van der Waals surface area contributed by atoms with Crippen molar-refractivity contribution in [2.45, 2.75) is 0 Å². The Kier molecular flexibility index (Phi) is 7.85. The summed E-state index contributed by atoms with van der Waals surface area (Å²) in [4.78, 5) is 39.2. The maximum absolute atomic E-state index is 13.2. The molecule has 37 heavy (non-hydrogen) atoms. The van der Waals surface area contributed by atoms with Gasteiger partial charge in [0.1, 0.15) is 5.75 Å². The zero-order valence-electron chi connectivity index (χ0n) is 20.8. The van der Waals surface area contributed by atoms with Crippen LogP contribution in [0.2, 0.25) is 0 Å². The Hall–Kier alpha value is -4.63. The van der Waals surface area contributed by atoms with Gasteiger partial charge in [-0.1, -0.05) is 36.4 Å². The lowest BCUT2D eigenvalue weighted by atomic mass is 9.99. The standard InChI is InChI=1S/C28H28N4O5/c1-29-14-15-32(2)27(34)19-10-7-11-20(16-19)30-25(18-8-5-4-6-9-18)24-22-13-12-21(37-28(35)36-3)17-23(22)31-26(24)33/h4-13,16-17,29-30H,14-15H2,1-3H3,(H,31,33)/b25-24-. The van der Waals surface area contributed by atoms with E-state index in [1.165, 1.54) is 7.11 Å². The van der Waals surface area contributed by atoms with E-state index in [9.17, 15) is 14.4 Å². The lowest BCUT2D eigenvalue weighted by Gasteiger charge is -2.18. The van der Waals surface area contributed by atoms with Crippen molar-refractivity contribution in [3.8, 4) is 5.75 Å². The molecule has 0 fully saturated rings. The number of carbonyl (C=O) groups is 3. The first-order chi connectivity index (χ1) is 17.9. The first kappa shape index (κ1) is 25.5. The quantitative estimate of drug-likeness (QED) is 0.243. The van der Waals surface area contributed by atoms with Gasteiger partial charge < -0.3 is 30.3 Å². The molecule has 9 heteroatoms. The highest BCUT2D eigenvalue weighted by Gasteiger charge is 2.29. The topological polar surface area (TPSA) is 109 Å². The molecule has 0 spiro atoms. The Morgan fingerprint density at radius 1 is 0.973 bits per heavy atom. The molecule has 2 amide bonds. The maximum atomic E-state index is 13.2. The van der Waals surface area contributed by atoms with E-state index >= 15 is 0 Å². The van der Waals surface area contributed by atoms with E-state index in [-0.39, 0.29) is 17.6 Å². The van der Waals surface area contributed by atoms with Crippen LogP contribution in [0, 0.1) is 0 Å². The number of benzene rings is 3. The number of rotatable bonds is 8. The van der Waals surface area contributed by atoms with E-state index in [4.69, 9.17) is 4.74 Å². The molecule has 0 saturated carbocycles. The molecule has 0 saturated heterocycles. The zero-order chi connectivity index (χ0) is 26.4. The fourth-order valence-electron chi connectivity index (χ4n) is 3.96. The third-order valence-corrected chi connectivity index (χ3v) is 5.84. The molecule has 9 nitrogen and oxygen atoms in total. The molecule has 1 aliphatic heterocycles. The summed E-state index contributed by atoms with van der Waals surface area (Å²) in [5, 5.41) is 9.25.